The standard InChI is InChI=1S/C19H32N2/c1-6-20-19(18-8-7-14(2)16(4)11-18)13-21-10-9-15(3)17(5)12-21/h7-8,11,15,17,19-20H,6,9-10,12-13H2,1-5H3. The van der Waals surface area contributed by atoms with Gasteiger partial charge in [-0.1, -0.05) is 39.0 Å². The van der Waals surface area contributed by atoms with E-state index in [0.717, 1.165) is 24.9 Å². The minimum Gasteiger partial charge on any atom is -0.309 e. The number of rotatable bonds is 5. The molecule has 0 radical (unpaired) electrons. The van der Waals surface area contributed by atoms with Crippen LogP contribution in [0.25, 0.3) is 0 Å². The maximum absolute atomic E-state index is 3.68. The smallest absolute Gasteiger partial charge is 0.0449 e. The van der Waals surface area contributed by atoms with Gasteiger partial charge in [-0.15, -0.1) is 0 Å². The van der Waals surface area contributed by atoms with Gasteiger partial charge in [0.05, 0.1) is 0 Å². The van der Waals surface area contributed by atoms with E-state index in [4.69, 9.17) is 0 Å². The number of aryl methyl sites for hydroxylation is 2. The molecule has 3 atom stereocenters. The molecule has 21 heavy (non-hydrogen) atoms. The Kier molecular flexibility index (Phi) is 5.83. The molecule has 3 unspecified atom stereocenters. The van der Waals surface area contributed by atoms with Crippen LogP contribution in [0, 0.1) is 25.7 Å². The van der Waals surface area contributed by atoms with Gasteiger partial charge in [-0.25, -0.2) is 0 Å². The lowest BCUT2D eigenvalue weighted by atomic mass is 9.88. The van der Waals surface area contributed by atoms with Gasteiger partial charge in [0.1, 0.15) is 0 Å². The molecule has 1 aliphatic rings. The maximum atomic E-state index is 3.68. The molecule has 0 aromatic heterocycles. The fraction of sp³-hybridized carbons (Fsp3) is 0.684. The minimum absolute atomic E-state index is 0.454. The van der Waals surface area contributed by atoms with Crippen molar-refractivity contribution in [3.05, 3.63) is 34.9 Å². The lowest BCUT2D eigenvalue weighted by Gasteiger charge is -2.37. The Morgan fingerprint density at radius 2 is 1.95 bits per heavy atom. The van der Waals surface area contributed by atoms with Crippen LogP contribution in [0.1, 0.15) is 49.9 Å². The number of piperidine rings is 1. The monoisotopic (exact) mass is 288 g/mol. The van der Waals surface area contributed by atoms with Crippen LogP contribution < -0.4 is 5.32 Å². The fourth-order valence-electron chi connectivity index (χ4n) is 3.29. The van der Waals surface area contributed by atoms with Crippen LogP contribution in [0.3, 0.4) is 0 Å². The Morgan fingerprint density at radius 3 is 2.57 bits per heavy atom. The zero-order chi connectivity index (χ0) is 15.4. The highest BCUT2D eigenvalue weighted by Gasteiger charge is 2.24. The third kappa shape index (κ3) is 4.31. The number of hydrogen-bond donors (Lipinski definition) is 1. The molecule has 0 aliphatic carbocycles. The zero-order valence-electron chi connectivity index (χ0n) is 14.4. The summed E-state index contributed by atoms with van der Waals surface area (Å²) < 4.78 is 0. The second-order valence-electron chi connectivity index (χ2n) is 6.96. The molecule has 0 saturated carbocycles. The summed E-state index contributed by atoms with van der Waals surface area (Å²) in [6, 6.07) is 7.37. The van der Waals surface area contributed by atoms with Crippen LogP contribution in [-0.2, 0) is 0 Å². The van der Waals surface area contributed by atoms with Gasteiger partial charge in [0.2, 0.25) is 0 Å². The molecule has 1 aliphatic heterocycles. The van der Waals surface area contributed by atoms with E-state index >= 15 is 0 Å². The van der Waals surface area contributed by atoms with Gasteiger partial charge < -0.3 is 10.2 Å². The van der Waals surface area contributed by atoms with E-state index in [0.29, 0.717) is 6.04 Å². The number of benzene rings is 1. The number of likely N-dealkylation sites (tertiary alicyclic amines) is 1. The summed E-state index contributed by atoms with van der Waals surface area (Å²) in [5.74, 6) is 1.70. The van der Waals surface area contributed by atoms with Gasteiger partial charge in [-0.2, -0.15) is 0 Å². The highest BCUT2D eigenvalue weighted by molar-refractivity contribution is 5.32. The van der Waals surface area contributed by atoms with Crippen molar-refractivity contribution in [1.82, 2.24) is 10.2 Å². The van der Waals surface area contributed by atoms with Crippen molar-refractivity contribution in [2.24, 2.45) is 11.8 Å². The summed E-state index contributed by atoms with van der Waals surface area (Å²) in [5.41, 5.74) is 4.22. The van der Waals surface area contributed by atoms with Crippen molar-refractivity contribution < 1.29 is 0 Å². The van der Waals surface area contributed by atoms with Crippen LogP contribution >= 0.6 is 0 Å². The van der Waals surface area contributed by atoms with Crippen molar-refractivity contribution in [3.63, 3.8) is 0 Å². The van der Waals surface area contributed by atoms with E-state index in [2.05, 4.69) is 63.0 Å². The molecule has 1 fully saturated rings. The van der Waals surface area contributed by atoms with E-state index in [1.54, 1.807) is 0 Å². The highest BCUT2D eigenvalue weighted by Crippen LogP contribution is 2.25. The summed E-state index contributed by atoms with van der Waals surface area (Å²) in [4.78, 5) is 2.65. The van der Waals surface area contributed by atoms with Gasteiger partial charge >= 0.3 is 0 Å². The quantitative estimate of drug-likeness (QED) is 0.883. The van der Waals surface area contributed by atoms with Crippen LogP contribution in [0.5, 0.6) is 0 Å². The van der Waals surface area contributed by atoms with Gasteiger partial charge in [-0.05, 0) is 61.9 Å². The number of nitrogens with one attached hydrogen (secondary N) is 1. The molecule has 1 heterocycles. The molecule has 1 aromatic rings. The van der Waals surface area contributed by atoms with Crippen molar-refractivity contribution in [2.45, 2.75) is 47.1 Å². The van der Waals surface area contributed by atoms with E-state index in [9.17, 15) is 0 Å². The predicted molar refractivity (Wildman–Crippen MR) is 91.7 cm³/mol. The Bertz CT molecular complexity index is 455. The SMILES string of the molecule is CCNC(CN1CCC(C)C(C)C1)c1ccc(C)c(C)c1. The molecular weight excluding hydrogens is 256 g/mol. The number of likely N-dealkylation sites (N-methyl/N-ethyl adjacent to an activating group) is 1. The van der Waals surface area contributed by atoms with Gasteiger partial charge in [-0.3, -0.25) is 0 Å². The largest absolute Gasteiger partial charge is 0.309 e. The summed E-state index contributed by atoms with van der Waals surface area (Å²) in [6.45, 7) is 16.1. The molecule has 0 bridgehead atoms. The van der Waals surface area contributed by atoms with Crippen molar-refractivity contribution in [2.75, 3.05) is 26.2 Å². The second kappa shape index (κ2) is 7.42. The molecule has 0 spiro atoms. The first-order valence-electron chi connectivity index (χ1n) is 8.54. The molecule has 2 heteroatoms. The van der Waals surface area contributed by atoms with Crippen molar-refractivity contribution in [3.8, 4) is 0 Å². The normalized spacial score (nSPS) is 25.0. The lowest BCUT2D eigenvalue weighted by Crippen LogP contribution is -2.43. The minimum atomic E-state index is 0.454. The average Bonchev–Trinajstić information content (AvgIpc) is 2.45. The van der Waals surface area contributed by atoms with Crippen molar-refractivity contribution in [1.29, 1.82) is 0 Å². The van der Waals surface area contributed by atoms with Gasteiger partial charge in [0, 0.05) is 19.1 Å². The molecule has 118 valence electrons. The van der Waals surface area contributed by atoms with Gasteiger partial charge in [0.15, 0.2) is 0 Å². The first kappa shape index (κ1) is 16.5. The second-order valence-corrected chi connectivity index (χ2v) is 6.96. The van der Waals surface area contributed by atoms with Crippen molar-refractivity contribution >= 4 is 0 Å². The average molecular weight is 288 g/mol. The Balaban J connectivity index is 2.06. The maximum Gasteiger partial charge on any atom is 0.0449 e. The van der Waals surface area contributed by atoms with E-state index < -0.39 is 0 Å². The topological polar surface area (TPSA) is 15.3 Å². The van der Waals surface area contributed by atoms with E-state index in [-0.39, 0.29) is 0 Å². The van der Waals surface area contributed by atoms with E-state index in [1.165, 1.54) is 36.2 Å². The molecule has 2 rings (SSSR count). The van der Waals surface area contributed by atoms with Crippen LogP contribution in [0.2, 0.25) is 0 Å². The van der Waals surface area contributed by atoms with Gasteiger partial charge in [0.25, 0.3) is 0 Å². The highest BCUT2D eigenvalue weighted by atomic mass is 15.2. The third-order valence-corrected chi connectivity index (χ3v) is 5.24. The third-order valence-electron chi connectivity index (χ3n) is 5.24. The Labute approximate surface area is 130 Å². The fourth-order valence-corrected chi connectivity index (χ4v) is 3.29. The molecule has 0 amide bonds. The number of nitrogens with zero attached hydrogens (tertiary/aromatic N) is 1. The summed E-state index contributed by atoms with van der Waals surface area (Å²) in [7, 11) is 0. The summed E-state index contributed by atoms with van der Waals surface area (Å²) in [6.07, 6.45) is 1.34. The molecule has 1 saturated heterocycles. The summed E-state index contributed by atoms with van der Waals surface area (Å²) in [5, 5.41) is 3.68. The molecule has 1 aromatic carbocycles. The molecule has 1 N–H and O–H groups in total. The molecular formula is C19H32N2. The van der Waals surface area contributed by atoms with Crippen LogP contribution in [0.15, 0.2) is 18.2 Å². The lowest BCUT2D eigenvalue weighted by molar-refractivity contribution is 0.127. The molecule has 2 nitrogen and oxygen atoms in total. The van der Waals surface area contributed by atoms with Crippen LogP contribution in [-0.4, -0.2) is 31.1 Å². The Morgan fingerprint density at radius 1 is 1.19 bits per heavy atom. The first-order chi connectivity index (χ1) is 10.0. The Hall–Kier alpha value is -0.860. The van der Waals surface area contributed by atoms with Crippen LogP contribution in [0.4, 0.5) is 0 Å². The zero-order valence-corrected chi connectivity index (χ0v) is 14.4. The predicted octanol–water partition coefficient (Wildman–Crippen LogP) is 3.93. The van der Waals surface area contributed by atoms with E-state index in [1.807, 2.05) is 0 Å². The first-order valence-corrected chi connectivity index (χ1v) is 8.54. The number of hydrogen-bond acceptors (Lipinski definition) is 2. The summed E-state index contributed by atoms with van der Waals surface area (Å²) >= 11 is 0.